The maximum atomic E-state index is 6.09. The Hall–Kier alpha value is -0.0800. The van der Waals surface area contributed by atoms with Gasteiger partial charge in [-0.2, -0.15) is 0 Å². The monoisotopic (exact) mass is 262 g/mol. The van der Waals surface area contributed by atoms with Gasteiger partial charge < -0.3 is 11.1 Å². The van der Waals surface area contributed by atoms with Crippen molar-refractivity contribution in [1.29, 1.82) is 0 Å². The van der Waals surface area contributed by atoms with Crippen LogP contribution in [-0.4, -0.2) is 19.1 Å². The van der Waals surface area contributed by atoms with E-state index in [1.54, 1.807) is 6.42 Å². The number of rotatable bonds is 5. The van der Waals surface area contributed by atoms with Crippen LogP contribution in [0.25, 0.3) is 0 Å². The predicted octanol–water partition coefficient (Wildman–Crippen LogP) is 2.92. The van der Waals surface area contributed by atoms with Crippen LogP contribution in [0.1, 0.15) is 57.8 Å². The van der Waals surface area contributed by atoms with Crippen LogP contribution in [0, 0.1) is 29.1 Å². The third-order valence-corrected chi connectivity index (χ3v) is 7.12. The van der Waals surface area contributed by atoms with E-state index >= 15 is 0 Å². The molecule has 0 spiro atoms. The molecule has 0 amide bonds. The largest absolute Gasteiger partial charge is 0.330 e. The zero-order valence-corrected chi connectivity index (χ0v) is 12.2. The van der Waals surface area contributed by atoms with E-state index in [4.69, 9.17) is 5.73 Å². The molecule has 0 heterocycles. The third kappa shape index (κ3) is 2.06. The van der Waals surface area contributed by atoms with Gasteiger partial charge in [-0.05, 0) is 80.7 Å². The molecule has 4 aliphatic rings. The van der Waals surface area contributed by atoms with Crippen molar-refractivity contribution < 1.29 is 0 Å². The van der Waals surface area contributed by atoms with Crippen LogP contribution in [0.3, 0.4) is 0 Å². The first kappa shape index (κ1) is 12.6. The Bertz CT molecular complexity index is 318. The molecule has 19 heavy (non-hydrogen) atoms. The fraction of sp³-hybridized carbons (Fsp3) is 1.00. The molecular weight excluding hydrogens is 232 g/mol. The molecule has 4 saturated carbocycles. The molecule has 0 aromatic carbocycles. The topological polar surface area (TPSA) is 38.0 Å². The van der Waals surface area contributed by atoms with Gasteiger partial charge in [-0.25, -0.2) is 0 Å². The molecule has 4 rings (SSSR count). The summed E-state index contributed by atoms with van der Waals surface area (Å²) in [7, 11) is 0. The molecule has 0 aliphatic heterocycles. The predicted molar refractivity (Wildman–Crippen MR) is 78.8 cm³/mol. The van der Waals surface area contributed by atoms with Crippen LogP contribution in [0.5, 0.6) is 0 Å². The quantitative estimate of drug-likeness (QED) is 0.799. The van der Waals surface area contributed by atoms with Crippen LogP contribution in [-0.2, 0) is 0 Å². The molecule has 4 atom stereocenters. The van der Waals surface area contributed by atoms with Crippen LogP contribution in [0.2, 0.25) is 0 Å². The minimum atomic E-state index is 0.494. The van der Waals surface area contributed by atoms with E-state index < -0.39 is 0 Å². The average Bonchev–Trinajstić information content (AvgIpc) is 2.84. The lowest BCUT2D eigenvalue weighted by atomic mass is 9.72. The summed E-state index contributed by atoms with van der Waals surface area (Å²) < 4.78 is 0. The highest BCUT2D eigenvalue weighted by atomic mass is 15.0. The van der Waals surface area contributed by atoms with Crippen molar-refractivity contribution in [2.75, 3.05) is 13.1 Å². The Labute approximate surface area is 117 Å². The van der Waals surface area contributed by atoms with Gasteiger partial charge in [0.25, 0.3) is 0 Å². The van der Waals surface area contributed by atoms with Gasteiger partial charge in [-0.3, -0.25) is 0 Å². The van der Waals surface area contributed by atoms with Gasteiger partial charge in [0.2, 0.25) is 0 Å². The Kier molecular flexibility index (Phi) is 3.15. The standard InChI is InChI=1S/C17H30N2/c18-11-17(6-2-1-3-7-17)8-9-19-16-14-12-4-5-13(10-12)15(14)16/h12-16,19H,1-11,18H2. The highest BCUT2D eigenvalue weighted by Gasteiger charge is 2.64. The van der Waals surface area contributed by atoms with E-state index in [-0.39, 0.29) is 0 Å². The second-order valence-electron chi connectivity index (χ2n) is 7.98. The molecule has 4 unspecified atom stereocenters. The van der Waals surface area contributed by atoms with Gasteiger partial charge in [0.1, 0.15) is 0 Å². The van der Waals surface area contributed by atoms with Crippen LogP contribution >= 0.6 is 0 Å². The summed E-state index contributed by atoms with van der Waals surface area (Å²) in [6.07, 6.45) is 13.0. The molecule has 0 aromatic rings. The number of hydrogen-bond donors (Lipinski definition) is 2. The van der Waals surface area contributed by atoms with Gasteiger partial charge in [0, 0.05) is 6.04 Å². The van der Waals surface area contributed by atoms with Crippen molar-refractivity contribution in [2.45, 2.75) is 63.8 Å². The zero-order valence-electron chi connectivity index (χ0n) is 12.2. The van der Waals surface area contributed by atoms with Gasteiger partial charge in [0.05, 0.1) is 0 Å². The molecule has 0 radical (unpaired) electrons. The van der Waals surface area contributed by atoms with Crippen molar-refractivity contribution in [3.05, 3.63) is 0 Å². The first-order valence-electron chi connectivity index (χ1n) is 8.76. The average molecular weight is 262 g/mol. The van der Waals surface area contributed by atoms with Crippen molar-refractivity contribution in [3.63, 3.8) is 0 Å². The van der Waals surface area contributed by atoms with Crippen molar-refractivity contribution in [2.24, 2.45) is 34.8 Å². The Morgan fingerprint density at radius 2 is 1.68 bits per heavy atom. The Morgan fingerprint density at radius 3 is 2.32 bits per heavy atom. The van der Waals surface area contributed by atoms with E-state index in [1.807, 2.05) is 0 Å². The third-order valence-electron chi connectivity index (χ3n) is 7.12. The summed E-state index contributed by atoms with van der Waals surface area (Å²) in [6, 6.07) is 0.907. The summed E-state index contributed by atoms with van der Waals surface area (Å²) in [5, 5.41) is 3.91. The summed E-state index contributed by atoms with van der Waals surface area (Å²) in [4.78, 5) is 0. The van der Waals surface area contributed by atoms with E-state index in [9.17, 15) is 0 Å². The van der Waals surface area contributed by atoms with E-state index in [2.05, 4.69) is 5.32 Å². The minimum Gasteiger partial charge on any atom is -0.330 e. The summed E-state index contributed by atoms with van der Waals surface area (Å²) in [6.45, 7) is 2.14. The molecule has 4 aliphatic carbocycles. The molecule has 0 saturated heterocycles. The number of hydrogen-bond acceptors (Lipinski definition) is 2. The molecule has 2 bridgehead atoms. The summed E-state index contributed by atoms with van der Waals surface area (Å²) in [5.41, 5.74) is 6.58. The molecule has 108 valence electrons. The lowest BCUT2D eigenvalue weighted by Crippen LogP contribution is -2.37. The van der Waals surface area contributed by atoms with Crippen LogP contribution in [0.4, 0.5) is 0 Å². The van der Waals surface area contributed by atoms with Crippen molar-refractivity contribution >= 4 is 0 Å². The highest BCUT2D eigenvalue weighted by molar-refractivity contribution is 5.16. The van der Waals surface area contributed by atoms with Gasteiger partial charge in [-0.15, -0.1) is 0 Å². The maximum Gasteiger partial charge on any atom is 0.0135 e. The first-order chi connectivity index (χ1) is 9.33. The van der Waals surface area contributed by atoms with Crippen molar-refractivity contribution in [1.82, 2.24) is 5.32 Å². The van der Waals surface area contributed by atoms with E-state index in [1.165, 1.54) is 57.9 Å². The molecule has 0 aromatic heterocycles. The fourth-order valence-corrected chi connectivity index (χ4v) is 5.96. The summed E-state index contributed by atoms with van der Waals surface area (Å²) >= 11 is 0. The fourth-order valence-electron chi connectivity index (χ4n) is 5.96. The van der Waals surface area contributed by atoms with Crippen LogP contribution < -0.4 is 11.1 Å². The SMILES string of the molecule is NCC1(CCNC2C3C4CCC(C4)C23)CCCCC1. The number of nitrogens with one attached hydrogen (secondary N) is 1. The molecule has 3 N–H and O–H groups in total. The lowest BCUT2D eigenvalue weighted by Gasteiger charge is -2.36. The van der Waals surface area contributed by atoms with Crippen LogP contribution in [0.15, 0.2) is 0 Å². The molecule has 2 heteroatoms. The van der Waals surface area contributed by atoms with Gasteiger partial charge in [0.15, 0.2) is 0 Å². The van der Waals surface area contributed by atoms with E-state index in [0.717, 1.165) is 36.3 Å². The minimum absolute atomic E-state index is 0.494. The second kappa shape index (κ2) is 4.73. The lowest BCUT2D eigenvalue weighted by molar-refractivity contribution is 0.180. The van der Waals surface area contributed by atoms with Gasteiger partial charge in [-0.1, -0.05) is 19.3 Å². The van der Waals surface area contributed by atoms with E-state index in [0.29, 0.717) is 5.41 Å². The Balaban J connectivity index is 1.25. The highest BCUT2D eigenvalue weighted by Crippen LogP contribution is 2.65. The van der Waals surface area contributed by atoms with Crippen molar-refractivity contribution in [3.8, 4) is 0 Å². The maximum absolute atomic E-state index is 6.09. The second-order valence-corrected chi connectivity index (χ2v) is 7.98. The normalized spacial score (nSPS) is 46.3. The van der Waals surface area contributed by atoms with Gasteiger partial charge >= 0.3 is 0 Å². The molecule has 4 fully saturated rings. The molecule has 2 nitrogen and oxygen atoms in total. The smallest absolute Gasteiger partial charge is 0.0135 e. The Morgan fingerprint density at radius 1 is 1.00 bits per heavy atom. The number of fused-ring (bicyclic) bond motifs is 5. The molecular formula is C17H30N2. The number of nitrogens with two attached hydrogens (primary N) is 1. The zero-order chi connectivity index (χ0) is 12.9. The first-order valence-corrected chi connectivity index (χ1v) is 8.76. The summed E-state index contributed by atoms with van der Waals surface area (Å²) in [5.74, 6) is 4.37.